The molecule has 0 spiro atoms. The van der Waals surface area contributed by atoms with E-state index in [1.165, 1.54) is 18.2 Å². The number of amides is 1. The first-order chi connectivity index (χ1) is 13.9. The summed E-state index contributed by atoms with van der Waals surface area (Å²) in [5, 5.41) is 12.6. The molecule has 2 aliphatic rings. The molecule has 3 rings (SSSR count). The molecule has 1 aliphatic heterocycles. The smallest absolute Gasteiger partial charge is 0.241 e. The number of carbonyl (C=O) groups excluding carboxylic acids is 1. The minimum absolute atomic E-state index is 0.0951. The Morgan fingerprint density at radius 3 is 2.66 bits per heavy atom. The Balaban J connectivity index is 1.49. The summed E-state index contributed by atoms with van der Waals surface area (Å²) in [7, 11) is -3.92. The zero-order chi connectivity index (χ0) is 20.9. The number of aliphatic hydroxyl groups is 1. The fraction of sp³-hybridized carbons (Fsp3) is 0.650. The van der Waals surface area contributed by atoms with E-state index in [2.05, 4.69) is 10.0 Å². The maximum Gasteiger partial charge on any atom is 0.241 e. The van der Waals surface area contributed by atoms with Gasteiger partial charge in [-0.3, -0.25) is 4.79 Å². The van der Waals surface area contributed by atoms with E-state index in [4.69, 9.17) is 4.74 Å². The van der Waals surface area contributed by atoms with E-state index < -0.39 is 28.0 Å². The topological polar surface area (TPSA) is 105 Å². The number of nitrogens with one attached hydrogen (secondary N) is 2. The van der Waals surface area contributed by atoms with Gasteiger partial charge in [0.1, 0.15) is 5.82 Å². The lowest BCUT2D eigenvalue weighted by Gasteiger charge is -2.36. The first-order valence-corrected chi connectivity index (χ1v) is 11.7. The second-order valence-electron chi connectivity index (χ2n) is 7.80. The summed E-state index contributed by atoms with van der Waals surface area (Å²) in [4.78, 5) is 11.9. The lowest BCUT2D eigenvalue weighted by molar-refractivity contribution is -0.125. The van der Waals surface area contributed by atoms with Crippen molar-refractivity contribution in [3.05, 3.63) is 30.1 Å². The molecule has 2 fully saturated rings. The normalized spacial score (nSPS) is 25.8. The van der Waals surface area contributed by atoms with Gasteiger partial charge >= 0.3 is 0 Å². The predicted octanol–water partition coefficient (Wildman–Crippen LogP) is 1.71. The van der Waals surface area contributed by atoms with Crippen molar-refractivity contribution < 1.29 is 27.4 Å². The number of rotatable bonds is 8. The van der Waals surface area contributed by atoms with Crippen molar-refractivity contribution in [3.63, 3.8) is 0 Å². The summed E-state index contributed by atoms with van der Waals surface area (Å²) < 4.78 is 46.8. The van der Waals surface area contributed by atoms with E-state index in [1.54, 1.807) is 0 Å². The van der Waals surface area contributed by atoms with Crippen molar-refractivity contribution in [1.82, 2.24) is 10.0 Å². The second-order valence-corrected chi connectivity index (χ2v) is 9.52. The highest BCUT2D eigenvalue weighted by Crippen LogP contribution is 2.25. The monoisotopic (exact) mass is 428 g/mol. The summed E-state index contributed by atoms with van der Waals surface area (Å²) >= 11 is 0. The third-order valence-corrected chi connectivity index (χ3v) is 7.19. The predicted molar refractivity (Wildman–Crippen MR) is 105 cm³/mol. The van der Waals surface area contributed by atoms with Crippen LogP contribution >= 0.6 is 0 Å². The van der Waals surface area contributed by atoms with Crippen LogP contribution in [0.4, 0.5) is 4.39 Å². The van der Waals surface area contributed by atoms with Gasteiger partial charge in [-0.15, -0.1) is 0 Å². The van der Waals surface area contributed by atoms with Gasteiger partial charge in [0, 0.05) is 12.5 Å². The Bertz CT molecular complexity index is 798. The molecule has 1 aromatic rings. The van der Waals surface area contributed by atoms with Crippen LogP contribution in [0.2, 0.25) is 0 Å². The Morgan fingerprint density at radius 2 is 1.97 bits per heavy atom. The van der Waals surface area contributed by atoms with Crippen molar-refractivity contribution in [2.45, 2.75) is 68.1 Å². The number of halogens is 1. The van der Waals surface area contributed by atoms with Crippen LogP contribution < -0.4 is 10.0 Å². The number of aliphatic hydroxyl groups excluding tert-OH is 1. The number of benzene rings is 1. The van der Waals surface area contributed by atoms with Crippen molar-refractivity contribution >= 4 is 15.9 Å². The van der Waals surface area contributed by atoms with Crippen LogP contribution in [0.25, 0.3) is 0 Å². The fourth-order valence-corrected chi connectivity index (χ4v) is 5.40. The highest BCUT2D eigenvalue weighted by atomic mass is 32.2. The van der Waals surface area contributed by atoms with Gasteiger partial charge in [-0.2, -0.15) is 0 Å². The zero-order valence-electron chi connectivity index (χ0n) is 16.3. The molecule has 0 unspecified atom stereocenters. The molecule has 9 heteroatoms. The third-order valence-electron chi connectivity index (χ3n) is 5.70. The van der Waals surface area contributed by atoms with Crippen LogP contribution in [-0.4, -0.2) is 50.8 Å². The minimum Gasteiger partial charge on any atom is -0.394 e. The molecule has 1 aromatic carbocycles. The molecular weight excluding hydrogens is 399 g/mol. The zero-order valence-corrected chi connectivity index (χ0v) is 17.2. The summed E-state index contributed by atoms with van der Waals surface area (Å²) in [6, 6.07) is 4.18. The molecule has 1 amide bonds. The Labute approximate surface area is 171 Å². The van der Waals surface area contributed by atoms with Gasteiger partial charge in [0.2, 0.25) is 15.9 Å². The highest BCUT2D eigenvalue weighted by Gasteiger charge is 2.34. The largest absolute Gasteiger partial charge is 0.394 e. The fourth-order valence-electron chi connectivity index (χ4n) is 4.07. The first-order valence-electron chi connectivity index (χ1n) is 10.2. The Kier molecular flexibility index (Phi) is 7.61. The van der Waals surface area contributed by atoms with Crippen molar-refractivity contribution in [3.8, 4) is 0 Å². The number of ether oxygens (including phenoxy) is 1. The molecule has 7 nitrogen and oxygen atoms in total. The van der Waals surface area contributed by atoms with E-state index in [-0.39, 0.29) is 29.4 Å². The van der Waals surface area contributed by atoms with Gasteiger partial charge in [-0.1, -0.05) is 18.9 Å². The maximum atomic E-state index is 13.4. The lowest BCUT2D eigenvalue weighted by Crippen LogP contribution is -2.51. The van der Waals surface area contributed by atoms with Crippen LogP contribution in [-0.2, 0) is 19.6 Å². The van der Waals surface area contributed by atoms with Gasteiger partial charge in [0.15, 0.2) is 0 Å². The van der Waals surface area contributed by atoms with E-state index in [0.717, 1.165) is 31.7 Å². The first kappa shape index (κ1) is 22.1. The molecule has 1 aliphatic carbocycles. The average molecular weight is 429 g/mol. The third kappa shape index (κ3) is 5.97. The van der Waals surface area contributed by atoms with Gasteiger partial charge < -0.3 is 15.2 Å². The summed E-state index contributed by atoms with van der Waals surface area (Å²) in [5.41, 5.74) is 0. The number of hydrogen-bond acceptors (Lipinski definition) is 5. The molecule has 1 saturated heterocycles. The van der Waals surface area contributed by atoms with Crippen LogP contribution in [0, 0.1) is 11.7 Å². The molecule has 3 atom stereocenters. The van der Waals surface area contributed by atoms with Crippen LogP contribution in [0.1, 0.15) is 44.9 Å². The lowest BCUT2D eigenvalue weighted by atomic mass is 9.98. The summed E-state index contributed by atoms with van der Waals surface area (Å²) in [6.45, 7) is 0.166. The molecule has 3 N–H and O–H groups in total. The SMILES string of the molecule is O=C(NCC[C@@H]1CC[C@@H](NS(=O)(=O)c2cccc(F)c2)[C@@H](CO)O1)C1CCCC1. The Morgan fingerprint density at radius 1 is 1.21 bits per heavy atom. The number of carbonyl (C=O) groups is 1. The van der Waals surface area contributed by atoms with E-state index in [0.29, 0.717) is 25.8 Å². The second kappa shape index (κ2) is 9.97. The van der Waals surface area contributed by atoms with Gasteiger partial charge in [0.25, 0.3) is 0 Å². The van der Waals surface area contributed by atoms with E-state index >= 15 is 0 Å². The molecule has 0 bridgehead atoms. The van der Waals surface area contributed by atoms with Crippen molar-refractivity contribution in [1.29, 1.82) is 0 Å². The standard InChI is InChI=1S/C20H29FN2O5S/c21-15-6-3-7-17(12-15)29(26,27)23-18-9-8-16(28-19(18)13-24)10-11-22-20(25)14-4-1-2-5-14/h3,6-7,12,14,16,18-19,23-24H,1-2,4-5,8-11,13H2,(H,22,25)/t16-,18+,19+/m0/s1. The van der Waals surface area contributed by atoms with Crippen molar-refractivity contribution in [2.75, 3.05) is 13.2 Å². The summed E-state index contributed by atoms with van der Waals surface area (Å²) in [6.07, 6.45) is 4.96. The number of sulfonamides is 1. The quantitative estimate of drug-likeness (QED) is 0.585. The minimum atomic E-state index is -3.92. The molecule has 0 radical (unpaired) electrons. The van der Waals surface area contributed by atoms with Gasteiger partial charge in [-0.05, 0) is 50.3 Å². The van der Waals surface area contributed by atoms with Gasteiger partial charge in [-0.25, -0.2) is 17.5 Å². The summed E-state index contributed by atoms with van der Waals surface area (Å²) in [5.74, 6) is -0.419. The molecule has 29 heavy (non-hydrogen) atoms. The van der Waals surface area contributed by atoms with Crippen LogP contribution in [0.3, 0.4) is 0 Å². The molecule has 1 heterocycles. The van der Waals surface area contributed by atoms with Crippen molar-refractivity contribution in [2.24, 2.45) is 5.92 Å². The Hall–Kier alpha value is -1.55. The van der Waals surface area contributed by atoms with Crippen LogP contribution in [0.5, 0.6) is 0 Å². The highest BCUT2D eigenvalue weighted by molar-refractivity contribution is 7.89. The molecule has 0 aromatic heterocycles. The van der Waals surface area contributed by atoms with E-state index in [1.807, 2.05) is 0 Å². The maximum absolute atomic E-state index is 13.4. The van der Waals surface area contributed by atoms with Crippen LogP contribution in [0.15, 0.2) is 29.2 Å². The molecule has 1 saturated carbocycles. The van der Waals surface area contributed by atoms with E-state index in [9.17, 15) is 22.7 Å². The molecule has 162 valence electrons. The number of hydrogen-bond donors (Lipinski definition) is 3. The van der Waals surface area contributed by atoms with Gasteiger partial charge in [0.05, 0.1) is 29.8 Å². The molecular formula is C20H29FN2O5S. The average Bonchev–Trinajstić information content (AvgIpc) is 3.23.